The maximum atomic E-state index is 14.8. The number of carboxylic acids is 1. The number of aliphatic hydroxyl groups is 1. The van der Waals surface area contributed by atoms with Gasteiger partial charge in [0.25, 0.3) is 5.91 Å². The Hall–Kier alpha value is -3.10. The van der Waals surface area contributed by atoms with Crippen LogP contribution in [-0.2, 0) is 14.4 Å². The third-order valence-corrected chi connectivity index (χ3v) is 10.7. The zero-order valence-electron chi connectivity index (χ0n) is 21.9. The number of carbonyl (C=O) groups is 3. The van der Waals surface area contributed by atoms with Crippen molar-refractivity contribution in [2.75, 3.05) is 18.1 Å². The number of rotatable bonds is 8. The molecule has 0 saturated carbocycles. The number of thioether (sulfide) groups is 1. The third kappa shape index (κ3) is 3.80. The molecule has 2 amide bonds. The van der Waals surface area contributed by atoms with Gasteiger partial charge < -0.3 is 20.0 Å². The average Bonchev–Trinajstić information content (AvgIpc) is 3.49. The fraction of sp³-hybridized carbons (Fsp3) is 0.433. The summed E-state index contributed by atoms with van der Waals surface area (Å²) in [6.45, 7) is 9.67. The fourth-order valence-electron chi connectivity index (χ4n) is 6.98. The summed E-state index contributed by atoms with van der Waals surface area (Å²) in [6.07, 6.45) is 2.29. The van der Waals surface area contributed by atoms with Crippen LogP contribution < -0.4 is 4.90 Å². The van der Waals surface area contributed by atoms with E-state index in [0.717, 1.165) is 16.8 Å². The standard InChI is InChI=1S/C30H34N2O5S/c1-5-13-31(21-14-17(2)11-12-18(21)3)28(35)26-30-19(4)15-23(38-30)24(29(36)37)25(30)27(34)32(26)22(16-33)20-9-7-6-8-10-20/h5-12,14,19,22-26,33H,1,13,15-16H2,2-4H3,(H,36,37)/t19?,22-,23-,24+,25+,26?,30?/m1/s1. The molecule has 2 bridgehead atoms. The van der Waals surface area contributed by atoms with Gasteiger partial charge in [0, 0.05) is 17.5 Å². The minimum absolute atomic E-state index is 0.0553. The lowest BCUT2D eigenvalue weighted by atomic mass is 9.66. The number of nitrogens with zero attached hydrogens (tertiary/aromatic N) is 2. The Morgan fingerprint density at radius 2 is 1.95 bits per heavy atom. The van der Waals surface area contributed by atoms with Crippen molar-refractivity contribution in [2.24, 2.45) is 17.8 Å². The molecule has 0 aromatic heterocycles. The molecule has 7 atom stereocenters. The molecule has 2 N–H and O–H groups in total. The number of aliphatic hydroxyl groups excluding tert-OH is 1. The van der Waals surface area contributed by atoms with Gasteiger partial charge >= 0.3 is 5.97 Å². The van der Waals surface area contributed by atoms with Crippen LogP contribution in [0.4, 0.5) is 5.69 Å². The summed E-state index contributed by atoms with van der Waals surface area (Å²) in [5.41, 5.74) is 3.36. The van der Waals surface area contributed by atoms with Gasteiger partial charge in [-0.1, -0.05) is 55.5 Å². The zero-order valence-corrected chi connectivity index (χ0v) is 22.7. The maximum absolute atomic E-state index is 14.8. The number of fused-ring (bicyclic) bond motifs is 1. The predicted molar refractivity (Wildman–Crippen MR) is 148 cm³/mol. The molecular formula is C30H34N2O5S. The second-order valence-electron chi connectivity index (χ2n) is 10.8. The summed E-state index contributed by atoms with van der Waals surface area (Å²) >= 11 is 1.50. The molecule has 200 valence electrons. The Bertz CT molecular complexity index is 1280. The number of benzene rings is 2. The number of aliphatic carboxylic acids is 1. The van der Waals surface area contributed by atoms with Gasteiger partial charge in [-0.2, -0.15) is 0 Å². The van der Waals surface area contributed by atoms with Crippen LogP contribution in [0.5, 0.6) is 0 Å². The Morgan fingerprint density at radius 1 is 1.24 bits per heavy atom. The lowest BCUT2D eigenvalue weighted by molar-refractivity contribution is -0.149. The molecule has 5 rings (SSSR count). The zero-order chi connectivity index (χ0) is 27.4. The highest BCUT2D eigenvalue weighted by Crippen LogP contribution is 2.69. The molecule has 3 unspecified atom stereocenters. The second kappa shape index (κ2) is 9.89. The number of hydrogen-bond donors (Lipinski definition) is 2. The molecule has 3 aliphatic rings. The van der Waals surface area contributed by atoms with Crippen molar-refractivity contribution >= 4 is 35.2 Å². The summed E-state index contributed by atoms with van der Waals surface area (Å²) in [7, 11) is 0. The first-order valence-electron chi connectivity index (χ1n) is 13.1. The normalized spacial score (nSPS) is 30.3. The lowest BCUT2D eigenvalue weighted by Crippen LogP contribution is -2.58. The van der Waals surface area contributed by atoms with Crippen LogP contribution >= 0.6 is 11.8 Å². The van der Waals surface area contributed by atoms with Crippen molar-refractivity contribution < 1.29 is 24.6 Å². The Kier molecular flexibility index (Phi) is 6.90. The van der Waals surface area contributed by atoms with E-state index in [1.165, 1.54) is 16.7 Å². The van der Waals surface area contributed by atoms with E-state index >= 15 is 0 Å². The van der Waals surface area contributed by atoms with Crippen molar-refractivity contribution in [1.29, 1.82) is 0 Å². The molecule has 0 aliphatic carbocycles. The topological polar surface area (TPSA) is 98.2 Å². The van der Waals surface area contributed by atoms with Crippen LogP contribution in [0, 0.1) is 31.6 Å². The fourth-order valence-corrected chi connectivity index (χ4v) is 9.38. The number of carboxylic acid groups (broad SMARTS) is 1. The van der Waals surface area contributed by atoms with Gasteiger partial charge in [0.2, 0.25) is 5.91 Å². The van der Waals surface area contributed by atoms with E-state index in [-0.39, 0.29) is 36.1 Å². The number of aryl methyl sites for hydroxylation is 2. The molecular weight excluding hydrogens is 500 g/mol. The van der Waals surface area contributed by atoms with Crippen LogP contribution in [-0.4, -0.2) is 62.1 Å². The van der Waals surface area contributed by atoms with Crippen molar-refractivity contribution in [2.45, 2.75) is 49.3 Å². The first-order valence-corrected chi connectivity index (χ1v) is 13.9. The van der Waals surface area contributed by atoms with E-state index < -0.39 is 34.6 Å². The number of hydrogen-bond acceptors (Lipinski definition) is 5. The third-order valence-electron chi connectivity index (χ3n) is 8.63. The van der Waals surface area contributed by atoms with E-state index in [4.69, 9.17) is 0 Å². The summed E-state index contributed by atoms with van der Waals surface area (Å²) in [5.74, 6) is -3.39. The first-order chi connectivity index (χ1) is 18.2. The molecule has 38 heavy (non-hydrogen) atoms. The molecule has 2 aromatic carbocycles. The van der Waals surface area contributed by atoms with Gasteiger partial charge in [-0.25, -0.2) is 0 Å². The van der Waals surface area contributed by atoms with Crippen LogP contribution in [0.15, 0.2) is 61.2 Å². The quantitative estimate of drug-likeness (QED) is 0.498. The molecule has 0 radical (unpaired) electrons. The van der Waals surface area contributed by atoms with Crippen molar-refractivity contribution in [3.63, 3.8) is 0 Å². The Labute approximate surface area is 227 Å². The van der Waals surface area contributed by atoms with Crippen molar-refractivity contribution in [3.8, 4) is 0 Å². The van der Waals surface area contributed by atoms with E-state index in [1.807, 2.05) is 69.3 Å². The highest BCUT2D eigenvalue weighted by atomic mass is 32.2. The van der Waals surface area contributed by atoms with Crippen molar-refractivity contribution in [1.82, 2.24) is 4.90 Å². The minimum atomic E-state index is -1.000. The number of amides is 2. The van der Waals surface area contributed by atoms with Gasteiger partial charge in [0.05, 0.1) is 29.2 Å². The van der Waals surface area contributed by atoms with Gasteiger partial charge in [-0.05, 0) is 48.9 Å². The van der Waals surface area contributed by atoms with E-state index in [0.29, 0.717) is 12.0 Å². The Balaban J connectivity index is 1.70. The lowest BCUT2D eigenvalue weighted by Gasteiger charge is -2.42. The summed E-state index contributed by atoms with van der Waals surface area (Å²) < 4.78 is -0.902. The molecule has 3 aliphatic heterocycles. The summed E-state index contributed by atoms with van der Waals surface area (Å²) in [5, 5.41) is 20.6. The predicted octanol–water partition coefficient (Wildman–Crippen LogP) is 3.98. The summed E-state index contributed by atoms with van der Waals surface area (Å²) in [4.78, 5) is 44.8. The van der Waals surface area contributed by atoms with E-state index in [9.17, 15) is 24.6 Å². The average molecular weight is 535 g/mol. The molecule has 3 saturated heterocycles. The van der Waals surface area contributed by atoms with Crippen LogP contribution in [0.3, 0.4) is 0 Å². The number of likely N-dealkylation sites (tertiary alicyclic amines) is 1. The SMILES string of the molecule is C=CCN(C(=O)C1N([C@H](CO)c2ccccc2)C(=O)[C@@H]2[C@@H](C(=O)O)[C@H]3CC(C)C12S3)c1cc(C)ccc1C. The second-order valence-corrected chi connectivity index (χ2v) is 12.3. The highest BCUT2D eigenvalue weighted by Gasteiger charge is 2.77. The maximum Gasteiger partial charge on any atom is 0.308 e. The van der Waals surface area contributed by atoms with Crippen LogP contribution in [0.1, 0.15) is 36.1 Å². The first kappa shape index (κ1) is 26.5. The molecule has 3 fully saturated rings. The van der Waals surface area contributed by atoms with Crippen LogP contribution in [0.2, 0.25) is 0 Å². The number of anilines is 1. The van der Waals surface area contributed by atoms with Crippen molar-refractivity contribution in [3.05, 3.63) is 77.9 Å². The van der Waals surface area contributed by atoms with E-state index in [1.54, 1.807) is 11.0 Å². The molecule has 1 spiro atoms. The largest absolute Gasteiger partial charge is 0.481 e. The van der Waals surface area contributed by atoms with Gasteiger partial charge in [0.15, 0.2) is 0 Å². The molecule has 8 heteroatoms. The minimum Gasteiger partial charge on any atom is -0.481 e. The van der Waals surface area contributed by atoms with Gasteiger partial charge in [0.1, 0.15) is 6.04 Å². The van der Waals surface area contributed by atoms with Crippen LogP contribution in [0.25, 0.3) is 0 Å². The van der Waals surface area contributed by atoms with E-state index in [2.05, 4.69) is 6.58 Å². The van der Waals surface area contributed by atoms with Gasteiger partial charge in [-0.3, -0.25) is 14.4 Å². The molecule has 2 aromatic rings. The van der Waals surface area contributed by atoms with Gasteiger partial charge in [-0.15, -0.1) is 18.3 Å². The molecule has 7 nitrogen and oxygen atoms in total. The molecule has 3 heterocycles. The number of carbonyl (C=O) groups excluding carboxylic acids is 2. The smallest absolute Gasteiger partial charge is 0.308 e. The highest BCUT2D eigenvalue weighted by molar-refractivity contribution is 8.02. The summed E-state index contributed by atoms with van der Waals surface area (Å²) in [6, 6.07) is 13.4. The monoisotopic (exact) mass is 534 g/mol. The Morgan fingerprint density at radius 3 is 2.58 bits per heavy atom.